The van der Waals surface area contributed by atoms with E-state index in [0.717, 1.165) is 24.0 Å². The predicted octanol–water partition coefficient (Wildman–Crippen LogP) is 4.45. The Morgan fingerprint density at radius 2 is 1.96 bits per heavy atom. The molecule has 0 aromatic heterocycles. The van der Waals surface area contributed by atoms with Crippen LogP contribution in [0.15, 0.2) is 48.5 Å². The first-order valence-corrected chi connectivity index (χ1v) is 8.91. The van der Waals surface area contributed by atoms with Crippen LogP contribution in [0.4, 0.5) is 5.69 Å². The van der Waals surface area contributed by atoms with E-state index in [2.05, 4.69) is 19.2 Å². The van der Waals surface area contributed by atoms with Crippen molar-refractivity contribution in [1.82, 2.24) is 5.32 Å². The maximum Gasteiger partial charge on any atom is 0.270 e. The number of nitro benzene ring substituents is 1. The number of allylic oxidation sites excluding steroid dienone is 1. The lowest BCUT2D eigenvalue weighted by molar-refractivity contribution is -0.384. The van der Waals surface area contributed by atoms with Gasteiger partial charge in [-0.05, 0) is 30.5 Å². The molecule has 0 unspecified atom stereocenters. The standard InChI is InChI=1S/C21H22N2O4/c1-4-21(5-2)18-10-9-16(27-3)12-17(18)19(22-21)13-20(24)14-7-6-8-15(11-14)23(25)26/h6-13,22H,4-5H2,1-3H3/b19-13-. The number of nitrogens with one attached hydrogen (secondary N) is 1. The second-order valence-corrected chi connectivity index (χ2v) is 6.56. The van der Waals surface area contributed by atoms with Crippen LogP contribution in [-0.4, -0.2) is 17.8 Å². The van der Waals surface area contributed by atoms with Crippen molar-refractivity contribution in [1.29, 1.82) is 0 Å². The van der Waals surface area contributed by atoms with Crippen molar-refractivity contribution in [3.63, 3.8) is 0 Å². The van der Waals surface area contributed by atoms with Gasteiger partial charge in [0.05, 0.1) is 17.6 Å². The number of carbonyl (C=O) groups excluding carboxylic acids is 1. The minimum absolute atomic E-state index is 0.0998. The molecule has 0 spiro atoms. The highest BCUT2D eigenvalue weighted by Crippen LogP contribution is 2.43. The first kappa shape index (κ1) is 18.6. The number of rotatable bonds is 6. The van der Waals surface area contributed by atoms with Gasteiger partial charge in [-0.3, -0.25) is 14.9 Å². The number of methoxy groups -OCH3 is 1. The van der Waals surface area contributed by atoms with Crippen LogP contribution in [0.1, 0.15) is 48.2 Å². The molecule has 3 rings (SSSR count). The van der Waals surface area contributed by atoms with Gasteiger partial charge in [-0.1, -0.05) is 32.0 Å². The van der Waals surface area contributed by atoms with E-state index in [1.54, 1.807) is 13.2 Å². The Bertz CT molecular complexity index is 930. The molecule has 1 heterocycles. The number of nitrogens with zero attached hydrogens (tertiary/aromatic N) is 1. The zero-order valence-corrected chi connectivity index (χ0v) is 15.6. The van der Waals surface area contributed by atoms with Crippen LogP contribution in [0.25, 0.3) is 5.70 Å². The topological polar surface area (TPSA) is 81.5 Å². The van der Waals surface area contributed by atoms with Gasteiger partial charge in [0, 0.05) is 35.0 Å². The molecular weight excluding hydrogens is 344 g/mol. The number of nitro groups is 1. The number of non-ortho nitro benzene ring substituents is 1. The number of hydrogen-bond donors (Lipinski definition) is 1. The van der Waals surface area contributed by atoms with Crippen molar-refractivity contribution < 1.29 is 14.5 Å². The molecule has 140 valence electrons. The highest BCUT2D eigenvalue weighted by molar-refractivity contribution is 6.09. The summed E-state index contributed by atoms with van der Waals surface area (Å²) in [6, 6.07) is 11.7. The summed E-state index contributed by atoms with van der Waals surface area (Å²) < 4.78 is 5.34. The predicted molar refractivity (Wildman–Crippen MR) is 104 cm³/mol. The first-order valence-electron chi connectivity index (χ1n) is 8.91. The molecule has 1 aliphatic heterocycles. The monoisotopic (exact) mass is 366 g/mol. The summed E-state index contributed by atoms with van der Waals surface area (Å²) in [6.45, 7) is 4.21. The van der Waals surface area contributed by atoms with Gasteiger partial charge >= 0.3 is 0 Å². The second-order valence-electron chi connectivity index (χ2n) is 6.56. The van der Waals surface area contributed by atoms with Gasteiger partial charge in [-0.2, -0.15) is 0 Å². The average molecular weight is 366 g/mol. The zero-order chi connectivity index (χ0) is 19.6. The Labute approximate surface area is 158 Å². The molecule has 0 aliphatic carbocycles. The summed E-state index contributed by atoms with van der Waals surface area (Å²) in [5, 5.41) is 14.5. The maximum absolute atomic E-state index is 12.8. The lowest BCUT2D eigenvalue weighted by Crippen LogP contribution is -2.34. The van der Waals surface area contributed by atoms with Gasteiger partial charge in [-0.25, -0.2) is 0 Å². The van der Waals surface area contributed by atoms with Crippen molar-refractivity contribution in [2.75, 3.05) is 7.11 Å². The van der Waals surface area contributed by atoms with Crippen LogP contribution >= 0.6 is 0 Å². The Balaban J connectivity index is 2.05. The Hall–Kier alpha value is -3.15. The van der Waals surface area contributed by atoms with Crippen molar-refractivity contribution in [3.8, 4) is 5.75 Å². The van der Waals surface area contributed by atoms with Crippen LogP contribution in [0.3, 0.4) is 0 Å². The third-order valence-electron chi connectivity index (χ3n) is 5.23. The van der Waals surface area contributed by atoms with E-state index < -0.39 is 4.92 Å². The number of hydrogen-bond acceptors (Lipinski definition) is 5. The summed E-state index contributed by atoms with van der Waals surface area (Å²) in [5.74, 6) is 0.435. The minimum Gasteiger partial charge on any atom is -0.497 e. The molecule has 2 aromatic rings. The van der Waals surface area contributed by atoms with E-state index in [4.69, 9.17) is 4.74 Å². The number of benzene rings is 2. The Kier molecular flexibility index (Phi) is 4.99. The van der Waals surface area contributed by atoms with E-state index >= 15 is 0 Å². The second kappa shape index (κ2) is 7.23. The van der Waals surface area contributed by atoms with Crippen molar-refractivity contribution >= 4 is 17.2 Å². The lowest BCUT2D eigenvalue weighted by Gasteiger charge is -2.28. The van der Waals surface area contributed by atoms with E-state index in [0.29, 0.717) is 11.4 Å². The molecule has 6 nitrogen and oxygen atoms in total. The fourth-order valence-electron chi connectivity index (χ4n) is 3.59. The zero-order valence-electron chi connectivity index (χ0n) is 15.6. The van der Waals surface area contributed by atoms with Crippen LogP contribution in [0, 0.1) is 10.1 Å². The summed E-state index contributed by atoms with van der Waals surface area (Å²) in [5.41, 5.74) is 2.72. The highest BCUT2D eigenvalue weighted by Gasteiger charge is 2.38. The van der Waals surface area contributed by atoms with E-state index in [-0.39, 0.29) is 22.6 Å². The molecule has 0 radical (unpaired) electrons. The number of ketones is 1. The van der Waals surface area contributed by atoms with Gasteiger partial charge in [0.25, 0.3) is 5.69 Å². The molecule has 0 saturated heterocycles. The van der Waals surface area contributed by atoms with Crippen LogP contribution in [0.2, 0.25) is 0 Å². The van der Waals surface area contributed by atoms with Gasteiger partial charge in [0.2, 0.25) is 0 Å². The summed E-state index contributed by atoms with van der Waals surface area (Å²) in [4.78, 5) is 23.2. The van der Waals surface area contributed by atoms with Crippen molar-refractivity contribution in [2.24, 2.45) is 0 Å². The molecule has 0 bridgehead atoms. The molecule has 0 amide bonds. The van der Waals surface area contributed by atoms with Crippen molar-refractivity contribution in [3.05, 3.63) is 75.3 Å². The number of carbonyl (C=O) groups is 1. The Morgan fingerprint density at radius 3 is 2.59 bits per heavy atom. The highest BCUT2D eigenvalue weighted by atomic mass is 16.6. The lowest BCUT2D eigenvalue weighted by atomic mass is 9.85. The van der Waals surface area contributed by atoms with Gasteiger partial charge < -0.3 is 10.1 Å². The normalized spacial score (nSPS) is 15.9. The van der Waals surface area contributed by atoms with Crippen LogP contribution in [0.5, 0.6) is 5.75 Å². The molecule has 2 aromatic carbocycles. The summed E-state index contributed by atoms with van der Waals surface area (Å²) >= 11 is 0. The van der Waals surface area contributed by atoms with E-state index in [9.17, 15) is 14.9 Å². The molecule has 27 heavy (non-hydrogen) atoms. The number of ether oxygens (including phenoxy) is 1. The third kappa shape index (κ3) is 3.30. The molecule has 0 atom stereocenters. The molecule has 1 N–H and O–H groups in total. The van der Waals surface area contributed by atoms with Gasteiger partial charge in [0.1, 0.15) is 5.75 Å². The average Bonchev–Trinajstić information content (AvgIpc) is 3.01. The quantitative estimate of drug-likeness (QED) is 0.354. The van der Waals surface area contributed by atoms with E-state index in [1.807, 2.05) is 18.2 Å². The van der Waals surface area contributed by atoms with E-state index in [1.165, 1.54) is 24.3 Å². The molecule has 1 aliphatic rings. The largest absolute Gasteiger partial charge is 0.497 e. The first-order chi connectivity index (χ1) is 12.9. The molecular formula is C21H22N2O4. The van der Waals surface area contributed by atoms with Crippen molar-refractivity contribution in [2.45, 2.75) is 32.2 Å². The fraction of sp³-hybridized carbons (Fsp3) is 0.286. The third-order valence-corrected chi connectivity index (χ3v) is 5.23. The number of fused-ring (bicyclic) bond motifs is 1. The summed E-state index contributed by atoms with van der Waals surface area (Å²) in [6.07, 6.45) is 3.25. The molecule has 6 heteroatoms. The molecule has 0 fully saturated rings. The summed E-state index contributed by atoms with van der Waals surface area (Å²) in [7, 11) is 1.61. The maximum atomic E-state index is 12.8. The van der Waals surface area contributed by atoms with Gasteiger partial charge in [0.15, 0.2) is 5.78 Å². The van der Waals surface area contributed by atoms with Gasteiger partial charge in [-0.15, -0.1) is 0 Å². The smallest absolute Gasteiger partial charge is 0.270 e. The molecule has 0 saturated carbocycles. The Morgan fingerprint density at radius 1 is 1.22 bits per heavy atom. The van der Waals surface area contributed by atoms with Crippen LogP contribution < -0.4 is 10.1 Å². The SMILES string of the molecule is CCC1(CC)N/C(=C\C(=O)c2cccc([N+](=O)[O-])c2)c2cc(OC)ccc21. The van der Waals surface area contributed by atoms with Crippen LogP contribution in [-0.2, 0) is 5.54 Å². The minimum atomic E-state index is -0.503. The fourth-order valence-corrected chi connectivity index (χ4v) is 3.59.